The van der Waals surface area contributed by atoms with Crippen molar-refractivity contribution in [3.8, 4) is 0 Å². The van der Waals surface area contributed by atoms with Crippen LogP contribution < -0.4 is 5.73 Å². The van der Waals surface area contributed by atoms with E-state index >= 15 is 0 Å². The van der Waals surface area contributed by atoms with Gasteiger partial charge in [0, 0.05) is 17.6 Å². The van der Waals surface area contributed by atoms with Crippen molar-refractivity contribution in [2.24, 2.45) is 11.7 Å². The molecule has 2 N–H and O–H groups in total. The Labute approximate surface area is 126 Å². The summed E-state index contributed by atoms with van der Waals surface area (Å²) >= 11 is 3.29. The highest BCUT2D eigenvalue weighted by Gasteiger charge is 2.25. The van der Waals surface area contributed by atoms with Crippen LogP contribution in [0, 0.1) is 11.7 Å². The van der Waals surface area contributed by atoms with E-state index in [9.17, 15) is 9.18 Å². The van der Waals surface area contributed by atoms with Crippen molar-refractivity contribution in [1.82, 2.24) is 4.90 Å². The molecule has 1 saturated heterocycles. The summed E-state index contributed by atoms with van der Waals surface area (Å²) in [5.74, 6) is -0.163. The minimum absolute atomic E-state index is 0. The van der Waals surface area contributed by atoms with E-state index < -0.39 is 5.82 Å². The first-order valence-electron chi connectivity index (χ1n) is 6.06. The number of likely N-dealkylation sites (tertiary alicyclic amines) is 1. The second kappa shape index (κ2) is 7.22. The number of hydrogen-bond acceptors (Lipinski definition) is 2. The van der Waals surface area contributed by atoms with Crippen LogP contribution >= 0.6 is 28.3 Å². The minimum Gasteiger partial charge on any atom is -0.338 e. The first-order valence-corrected chi connectivity index (χ1v) is 6.85. The lowest BCUT2D eigenvalue weighted by atomic mass is 9.97. The molecule has 1 aromatic carbocycles. The second-order valence-corrected chi connectivity index (χ2v) is 5.47. The molecule has 1 aliphatic heterocycles. The summed E-state index contributed by atoms with van der Waals surface area (Å²) in [6.45, 7) is 1.98. The molecule has 2 rings (SSSR count). The van der Waals surface area contributed by atoms with E-state index in [1.807, 2.05) is 0 Å². The van der Waals surface area contributed by atoms with Gasteiger partial charge in [0.15, 0.2) is 0 Å². The van der Waals surface area contributed by atoms with Gasteiger partial charge in [-0.2, -0.15) is 0 Å². The fourth-order valence-electron chi connectivity index (χ4n) is 2.27. The molecule has 1 atom stereocenters. The van der Waals surface area contributed by atoms with Crippen molar-refractivity contribution in [3.05, 3.63) is 34.1 Å². The molecule has 0 radical (unpaired) electrons. The molecule has 1 unspecified atom stereocenters. The third kappa shape index (κ3) is 3.91. The van der Waals surface area contributed by atoms with Gasteiger partial charge in [-0.15, -0.1) is 12.4 Å². The molecule has 1 aromatic rings. The van der Waals surface area contributed by atoms with Crippen LogP contribution in [-0.4, -0.2) is 30.4 Å². The number of halogens is 3. The zero-order chi connectivity index (χ0) is 13.1. The molecule has 19 heavy (non-hydrogen) atoms. The number of amides is 1. The highest BCUT2D eigenvalue weighted by molar-refractivity contribution is 9.10. The van der Waals surface area contributed by atoms with Crippen LogP contribution in [-0.2, 0) is 0 Å². The smallest absolute Gasteiger partial charge is 0.255 e. The third-order valence-corrected chi connectivity index (χ3v) is 3.99. The number of carbonyl (C=O) groups excluding carboxylic acids is 1. The van der Waals surface area contributed by atoms with Crippen molar-refractivity contribution in [2.45, 2.75) is 12.8 Å². The van der Waals surface area contributed by atoms with Crippen LogP contribution in [0.1, 0.15) is 23.2 Å². The molecule has 0 saturated carbocycles. The van der Waals surface area contributed by atoms with Crippen LogP contribution in [0.25, 0.3) is 0 Å². The molecule has 106 valence electrons. The molecule has 0 aromatic heterocycles. The summed E-state index contributed by atoms with van der Waals surface area (Å²) in [6, 6.07) is 4.17. The number of benzene rings is 1. The van der Waals surface area contributed by atoms with E-state index in [4.69, 9.17) is 5.73 Å². The molecule has 3 nitrogen and oxygen atoms in total. The zero-order valence-electron chi connectivity index (χ0n) is 10.4. The number of nitrogens with two attached hydrogens (primary N) is 1. The van der Waals surface area contributed by atoms with Crippen LogP contribution in [0.2, 0.25) is 0 Å². The van der Waals surface area contributed by atoms with Crippen molar-refractivity contribution in [2.75, 3.05) is 19.6 Å². The van der Waals surface area contributed by atoms with E-state index in [0.29, 0.717) is 29.0 Å². The van der Waals surface area contributed by atoms with Gasteiger partial charge >= 0.3 is 0 Å². The molecule has 0 aliphatic carbocycles. The van der Waals surface area contributed by atoms with Crippen molar-refractivity contribution < 1.29 is 9.18 Å². The van der Waals surface area contributed by atoms with Crippen molar-refractivity contribution >= 4 is 34.2 Å². The highest BCUT2D eigenvalue weighted by atomic mass is 79.9. The van der Waals surface area contributed by atoms with Gasteiger partial charge in [0.2, 0.25) is 0 Å². The molecule has 1 fully saturated rings. The maximum atomic E-state index is 13.2. The fraction of sp³-hybridized carbons (Fsp3) is 0.462. The average molecular weight is 352 g/mol. The van der Waals surface area contributed by atoms with E-state index in [-0.39, 0.29) is 18.3 Å². The predicted molar refractivity (Wildman–Crippen MR) is 79.0 cm³/mol. The molecule has 0 bridgehead atoms. The van der Waals surface area contributed by atoms with Crippen LogP contribution in [0.5, 0.6) is 0 Å². The topological polar surface area (TPSA) is 46.3 Å². The number of nitrogens with zero attached hydrogens (tertiary/aromatic N) is 1. The zero-order valence-corrected chi connectivity index (χ0v) is 12.8. The molecular weight excluding hydrogens is 335 g/mol. The van der Waals surface area contributed by atoms with E-state index in [1.165, 1.54) is 12.1 Å². The van der Waals surface area contributed by atoms with Gasteiger partial charge in [0.1, 0.15) is 5.82 Å². The van der Waals surface area contributed by atoms with E-state index in [0.717, 1.165) is 19.4 Å². The van der Waals surface area contributed by atoms with Gasteiger partial charge in [-0.1, -0.05) is 0 Å². The Balaban J connectivity index is 0.00000180. The molecular formula is C13H17BrClFN2O. The van der Waals surface area contributed by atoms with Gasteiger partial charge in [-0.05, 0) is 59.4 Å². The Hall–Kier alpha value is -0.650. The fourth-order valence-corrected chi connectivity index (χ4v) is 2.69. The SMILES string of the molecule is Cl.NCC1CCCN(C(=O)c2cc(F)ccc2Br)C1. The van der Waals surface area contributed by atoms with Crippen molar-refractivity contribution in [1.29, 1.82) is 0 Å². The summed E-state index contributed by atoms with van der Waals surface area (Å²) in [5, 5.41) is 0. The molecule has 1 aliphatic rings. The highest BCUT2D eigenvalue weighted by Crippen LogP contribution is 2.23. The van der Waals surface area contributed by atoms with Gasteiger partial charge in [-0.25, -0.2) is 4.39 Å². The average Bonchev–Trinajstić information content (AvgIpc) is 2.41. The Morgan fingerprint density at radius 2 is 2.26 bits per heavy atom. The number of piperidine rings is 1. The summed E-state index contributed by atoms with van der Waals surface area (Å²) in [4.78, 5) is 14.1. The largest absolute Gasteiger partial charge is 0.338 e. The van der Waals surface area contributed by atoms with Gasteiger partial charge in [0.05, 0.1) is 5.56 Å². The minimum atomic E-state index is -0.395. The summed E-state index contributed by atoms with van der Waals surface area (Å²) in [6.07, 6.45) is 2.02. The number of carbonyl (C=O) groups is 1. The van der Waals surface area contributed by atoms with Gasteiger partial charge < -0.3 is 10.6 Å². The molecule has 0 spiro atoms. The molecule has 6 heteroatoms. The lowest BCUT2D eigenvalue weighted by Gasteiger charge is -2.32. The Morgan fingerprint density at radius 3 is 2.95 bits per heavy atom. The van der Waals surface area contributed by atoms with Crippen LogP contribution in [0.15, 0.2) is 22.7 Å². The monoisotopic (exact) mass is 350 g/mol. The van der Waals surface area contributed by atoms with Crippen LogP contribution in [0.4, 0.5) is 4.39 Å². The standard InChI is InChI=1S/C13H16BrFN2O.ClH/c14-12-4-3-10(15)6-11(12)13(18)17-5-1-2-9(7-16)8-17;/h3-4,6,9H,1-2,5,7-8,16H2;1H. The van der Waals surface area contributed by atoms with E-state index in [1.54, 1.807) is 11.0 Å². The summed E-state index contributed by atoms with van der Waals surface area (Å²) in [7, 11) is 0. The number of rotatable bonds is 2. The maximum Gasteiger partial charge on any atom is 0.255 e. The number of hydrogen-bond donors (Lipinski definition) is 1. The third-order valence-electron chi connectivity index (χ3n) is 3.30. The van der Waals surface area contributed by atoms with Gasteiger partial charge in [-0.3, -0.25) is 4.79 Å². The summed E-state index contributed by atoms with van der Waals surface area (Å²) < 4.78 is 13.8. The van der Waals surface area contributed by atoms with Gasteiger partial charge in [0.25, 0.3) is 5.91 Å². The lowest BCUT2D eigenvalue weighted by Crippen LogP contribution is -2.42. The second-order valence-electron chi connectivity index (χ2n) is 4.62. The maximum absolute atomic E-state index is 13.2. The van der Waals surface area contributed by atoms with Crippen LogP contribution in [0.3, 0.4) is 0 Å². The Kier molecular flexibility index (Phi) is 6.23. The quantitative estimate of drug-likeness (QED) is 0.890. The molecule has 1 amide bonds. The van der Waals surface area contributed by atoms with E-state index in [2.05, 4.69) is 15.9 Å². The lowest BCUT2D eigenvalue weighted by molar-refractivity contribution is 0.0676. The van der Waals surface area contributed by atoms with Crippen molar-refractivity contribution in [3.63, 3.8) is 0 Å². The Bertz CT molecular complexity index is 458. The molecule has 1 heterocycles. The normalized spacial score (nSPS) is 18.9. The first kappa shape index (κ1) is 16.4. The first-order chi connectivity index (χ1) is 8.61. The Morgan fingerprint density at radius 1 is 1.53 bits per heavy atom. The predicted octanol–water partition coefficient (Wildman–Crippen LogP) is 2.82. The summed E-state index contributed by atoms with van der Waals surface area (Å²) in [5.41, 5.74) is 6.03.